The van der Waals surface area contributed by atoms with Crippen LogP contribution in [0.25, 0.3) is 0 Å². The minimum atomic E-state index is -4.20. The zero-order valence-corrected chi connectivity index (χ0v) is 8.01. The maximum atomic E-state index is 11.8. The predicted molar refractivity (Wildman–Crippen MR) is 48.8 cm³/mol. The lowest BCUT2D eigenvalue weighted by molar-refractivity contribution is -0.0329. The molecule has 0 unspecified atom stereocenters. The van der Waals surface area contributed by atoms with Crippen LogP contribution in [-0.2, 0) is 5.75 Å². The average Bonchev–Trinajstić information content (AvgIpc) is 2.01. The summed E-state index contributed by atoms with van der Waals surface area (Å²) in [4.78, 5) is 0. The van der Waals surface area contributed by atoms with E-state index in [1.807, 2.05) is 0 Å². The summed E-state index contributed by atoms with van der Waals surface area (Å²) in [6.45, 7) is 0. The normalized spacial score (nSPS) is 11.7. The van der Waals surface area contributed by atoms with E-state index >= 15 is 0 Å². The molecule has 1 rings (SSSR count). The second-order valence-electron chi connectivity index (χ2n) is 2.33. The van der Waals surface area contributed by atoms with Gasteiger partial charge in [0.25, 0.3) is 0 Å². The van der Waals surface area contributed by atoms with Crippen molar-refractivity contribution in [3.63, 3.8) is 0 Å². The fourth-order valence-electron chi connectivity index (χ4n) is 0.775. The number of thioether (sulfide) groups is 1. The third-order valence-electron chi connectivity index (χ3n) is 1.35. The fourth-order valence-corrected chi connectivity index (χ4v) is 1.63. The molecule has 1 aromatic rings. The van der Waals surface area contributed by atoms with Gasteiger partial charge in [0.15, 0.2) is 0 Å². The minimum absolute atomic E-state index is 0.0836. The molecule has 5 heteroatoms. The molecular formula is C8H6ClF3S. The molecule has 0 bridgehead atoms. The molecule has 1 aromatic carbocycles. The van der Waals surface area contributed by atoms with Gasteiger partial charge in [-0.15, -0.1) is 0 Å². The first kappa shape index (κ1) is 10.7. The SMILES string of the molecule is FC(F)(F)SCc1ccccc1Cl. The van der Waals surface area contributed by atoms with Crippen LogP contribution >= 0.6 is 23.4 Å². The second kappa shape index (κ2) is 4.24. The molecule has 72 valence electrons. The Morgan fingerprint density at radius 3 is 2.38 bits per heavy atom. The number of benzene rings is 1. The van der Waals surface area contributed by atoms with Gasteiger partial charge in [0.05, 0.1) is 0 Å². The van der Waals surface area contributed by atoms with Crippen molar-refractivity contribution in [1.29, 1.82) is 0 Å². The van der Waals surface area contributed by atoms with Crippen LogP contribution < -0.4 is 0 Å². The number of rotatable bonds is 2. The molecular weight excluding hydrogens is 221 g/mol. The Balaban J connectivity index is 2.60. The molecule has 0 saturated carbocycles. The third-order valence-corrected chi connectivity index (χ3v) is 2.50. The highest BCUT2D eigenvalue weighted by Crippen LogP contribution is 2.34. The van der Waals surface area contributed by atoms with Gasteiger partial charge < -0.3 is 0 Å². The van der Waals surface area contributed by atoms with Crippen LogP contribution in [0.5, 0.6) is 0 Å². The van der Waals surface area contributed by atoms with Crippen LogP contribution in [0, 0.1) is 0 Å². The number of hydrogen-bond donors (Lipinski definition) is 0. The van der Waals surface area contributed by atoms with Gasteiger partial charge in [-0.2, -0.15) is 13.2 Å². The average molecular weight is 227 g/mol. The van der Waals surface area contributed by atoms with Crippen LogP contribution in [0.2, 0.25) is 5.02 Å². The van der Waals surface area contributed by atoms with Crippen molar-refractivity contribution in [1.82, 2.24) is 0 Å². The molecule has 0 spiro atoms. The topological polar surface area (TPSA) is 0 Å². The van der Waals surface area contributed by atoms with E-state index in [0.717, 1.165) is 0 Å². The molecule has 0 aliphatic heterocycles. The summed E-state index contributed by atoms with van der Waals surface area (Å²) in [7, 11) is 0. The Kier molecular flexibility index (Phi) is 3.50. The Morgan fingerprint density at radius 2 is 1.85 bits per heavy atom. The van der Waals surface area contributed by atoms with Gasteiger partial charge in [-0.25, -0.2) is 0 Å². The van der Waals surface area contributed by atoms with Crippen molar-refractivity contribution < 1.29 is 13.2 Å². The number of hydrogen-bond acceptors (Lipinski definition) is 1. The van der Waals surface area contributed by atoms with Gasteiger partial charge in [0.2, 0.25) is 0 Å². The first-order chi connectivity index (χ1) is 5.99. The van der Waals surface area contributed by atoms with Crippen LogP contribution in [0.3, 0.4) is 0 Å². The van der Waals surface area contributed by atoms with Gasteiger partial charge in [0.1, 0.15) is 0 Å². The van der Waals surface area contributed by atoms with E-state index in [2.05, 4.69) is 0 Å². The van der Waals surface area contributed by atoms with Gasteiger partial charge >= 0.3 is 5.51 Å². The van der Waals surface area contributed by atoms with Gasteiger partial charge in [0, 0.05) is 10.8 Å². The molecule has 0 aliphatic carbocycles. The maximum absolute atomic E-state index is 11.8. The zero-order valence-electron chi connectivity index (χ0n) is 6.44. The Bertz CT molecular complexity index is 285. The highest BCUT2D eigenvalue weighted by Gasteiger charge is 2.28. The van der Waals surface area contributed by atoms with Crippen molar-refractivity contribution in [2.24, 2.45) is 0 Å². The molecule has 0 N–H and O–H groups in total. The molecule has 0 nitrogen and oxygen atoms in total. The first-order valence-corrected chi connectivity index (χ1v) is 4.79. The lowest BCUT2D eigenvalue weighted by Gasteiger charge is -2.06. The van der Waals surface area contributed by atoms with Gasteiger partial charge in [-0.3, -0.25) is 0 Å². The van der Waals surface area contributed by atoms with Crippen LogP contribution in [0.15, 0.2) is 24.3 Å². The van der Waals surface area contributed by atoms with E-state index < -0.39 is 5.51 Å². The zero-order chi connectivity index (χ0) is 9.90. The summed E-state index contributed by atoms with van der Waals surface area (Å²) >= 11 is 5.59. The minimum Gasteiger partial charge on any atom is -0.160 e. The lowest BCUT2D eigenvalue weighted by Crippen LogP contribution is -2.00. The number of halogens is 4. The van der Waals surface area contributed by atoms with Crippen molar-refractivity contribution in [2.45, 2.75) is 11.3 Å². The van der Waals surface area contributed by atoms with E-state index in [1.165, 1.54) is 0 Å². The third kappa shape index (κ3) is 3.91. The smallest absolute Gasteiger partial charge is 0.160 e. The van der Waals surface area contributed by atoms with E-state index in [9.17, 15) is 13.2 Å². The monoisotopic (exact) mass is 226 g/mol. The van der Waals surface area contributed by atoms with Crippen LogP contribution in [-0.4, -0.2) is 5.51 Å². The highest BCUT2D eigenvalue weighted by atomic mass is 35.5. The summed E-state index contributed by atoms with van der Waals surface area (Å²) < 4.78 is 35.4. The summed E-state index contributed by atoms with van der Waals surface area (Å²) in [5.41, 5.74) is -3.69. The van der Waals surface area contributed by atoms with E-state index in [4.69, 9.17) is 11.6 Å². The van der Waals surface area contributed by atoms with E-state index in [1.54, 1.807) is 24.3 Å². The summed E-state index contributed by atoms with van der Waals surface area (Å²) in [6.07, 6.45) is 0. The predicted octanol–water partition coefficient (Wildman–Crippen LogP) is 4.09. The van der Waals surface area contributed by atoms with Crippen molar-refractivity contribution in [2.75, 3.05) is 0 Å². The van der Waals surface area contributed by atoms with Gasteiger partial charge in [-0.1, -0.05) is 29.8 Å². The molecule has 0 atom stereocenters. The molecule has 0 aliphatic rings. The van der Waals surface area contributed by atoms with Gasteiger partial charge in [-0.05, 0) is 23.4 Å². The summed E-state index contributed by atoms with van der Waals surface area (Å²) in [5, 5.41) is 0.374. The van der Waals surface area contributed by atoms with Crippen LogP contribution in [0.1, 0.15) is 5.56 Å². The van der Waals surface area contributed by atoms with Crippen molar-refractivity contribution in [3.8, 4) is 0 Å². The molecule has 0 saturated heterocycles. The maximum Gasteiger partial charge on any atom is 0.442 e. The van der Waals surface area contributed by atoms with Crippen LogP contribution in [0.4, 0.5) is 13.2 Å². The lowest BCUT2D eigenvalue weighted by atomic mass is 10.2. The molecule has 0 aromatic heterocycles. The quantitative estimate of drug-likeness (QED) is 0.732. The number of alkyl halides is 3. The largest absolute Gasteiger partial charge is 0.442 e. The van der Waals surface area contributed by atoms with E-state index in [0.29, 0.717) is 10.6 Å². The molecule has 0 fully saturated rings. The molecule has 0 heterocycles. The summed E-state index contributed by atoms with van der Waals surface area (Å²) in [6, 6.07) is 6.51. The standard InChI is InChI=1S/C8H6ClF3S/c9-7-4-2-1-3-6(7)5-13-8(10,11)12/h1-4H,5H2. The Morgan fingerprint density at radius 1 is 1.23 bits per heavy atom. The van der Waals surface area contributed by atoms with Crippen molar-refractivity contribution in [3.05, 3.63) is 34.9 Å². The Hall–Kier alpha value is -0.350. The molecule has 0 amide bonds. The molecule has 13 heavy (non-hydrogen) atoms. The second-order valence-corrected chi connectivity index (χ2v) is 3.77. The summed E-state index contributed by atoms with van der Waals surface area (Å²) in [5.74, 6) is -0.136. The van der Waals surface area contributed by atoms with E-state index in [-0.39, 0.29) is 17.5 Å². The Labute approximate surface area is 83.1 Å². The first-order valence-electron chi connectivity index (χ1n) is 3.43. The fraction of sp³-hybridized carbons (Fsp3) is 0.250. The highest BCUT2D eigenvalue weighted by molar-refractivity contribution is 7.99. The molecule has 0 radical (unpaired) electrons. The van der Waals surface area contributed by atoms with Crippen molar-refractivity contribution >= 4 is 23.4 Å².